The summed E-state index contributed by atoms with van der Waals surface area (Å²) in [7, 11) is 0. The SMILES string of the molecule is Cc1ccc(CC(C)NC(=O)CCCCCCN)s1.Cl. The summed E-state index contributed by atoms with van der Waals surface area (Å²) in [5, 5.41) is 3.07. The zero-order valence-corrected chi connectivity index (χ0v) is 14.1. The standard InChI is InChI=1S/C15H26N2OS.ClH/c1-12(11-14-9-8-13(2)19-14)17-15(18)7-5-3-4-6-10-16;/h8-9,12H,3-7,10-11,16H2,1-2H3,(H,17,18);1H. The van der Waals surface area contributed by atoms with Crippen LogP contribution in [-0.4, -0.2) is 18.5 Å². The molecule has 0 aromatic carbocycles. The monoisotopic (exact) mass is 318 g/mol. The van der Waals surface area contributed by atoms with E-state index in [2.05, 4.69) is 31.3 Å². The molecule has 20 heavy (non-hydrogen) atoms. The lowest BCUT2D eigenvalue weighted by Crippen LogP contribution is -2.33. The number of halogens is 1. The Morgan fingerprint density at radius 2 is 2.00 bits per heavy atom. The van der Waals surface area contributed by atoms with Gasteiger partial charge < -0.3 is 11.1 Å². The largest absolute Gasteiger partial charge is 0.353 e. The molecular weight excluding hydrogens is 292 g/mol. The molecule has 0 radical (unpaired) electrons. The first-order chi connectivity index (χ1) is 9.11. The smallest absolute Gasteiger partial charge is 0.220 e. The summed E-state index contributed by atoms with van der Waals surface area (Å²) in [6.07, 6.45) is 5.83. The van der Waals surface area contributed by atoms with E-state index in [1.54, 1.807) is 11.3 Å². The second-order valence-electron chi connectivity index (χ2n) is 5.14. The molecule has 0 fully saturated rings. The molecular formula is C15H27ClN2OS. The predicted octanol–water partition coefficient (Wildman–Crippen LogP) is 3.43. The Bertz CT molecular complexity index is 382. The molecule has 1 rings (SSSR count). The van der Waals surface area contributed by atoms with Crippen LogP contribution in [0.2, 0.25) is 0 Å². The lowest BCUT2D eigenvalue weighted by atomic mass is 10.1. The van der Waals surface area contributed by atoms with Crippen LogP contribution in [-0.2, 0) is 11.2 Å². The van der Waals surface area contributed by atoms with Gasteiger partial charge in [-0.15, -0.1) is 23.7 Å². The number of amides is 1. The molecule has 116 valence electrons. The van der Waals surface area contributed by atoms with Crippen LogP contribution in [0.25, 0.3) is 0 Å². The van der Waals surface area contributed by atoms with Gasteiger partial charge in [0.25, 0.3) is 0 Å². The van der Waals surface area contributed by atoms with Crippen molar-refractivity contribution >= 4 is 29.7 Å². The minimum absolute atomic E-state index is 0. The van der Waals surface area contributed by atoms with Gasteiger partial charge in [-0.2, -0.15) is 0 Å². The third kappa shape index (κ3) is 8.56. The average Bonchev–Trinajstić information content (AvgIpc) is 2.74. The normalized spacial score (nSPS) is 11.8. The molecule has 0 bridgehead atoms. The van der Waals surface area contributed by atoms with Crippen molar-refractivity contribution in [3.8, 4) is 0 Å². The highest BCUT2D eigenvalue weighted by Gasteiger charge is 2.08. The molecule has 1 unspecified atom stereocenters. The van der Waals surface area contributed by atoms with Gasteiger partial charge in [0.1, 0.15) is 0 Å². The Morgan fingerprint density at radius 3 is 2.60 bits per heavy atom. The van der Waals surface area contributed by atoms with Crippen molar-refractivity contribution in [2.45, 2.75) is 58.4 Å². The molecule has 3 N–H and O–H groups in total. The maximum Gasteiger partial charge on any atom is 0.220 e. The summed E-state index contributed by atoms with van der Waals surface area (Å²) in [6, 6.07) is 4.50. The molecule has 5 heteroatoms. The van der Waals surface area contributed by atoms with Crippen LogP contribution in [0.5, 0.6) is 0 Å². The van der Waals surface area contributed by atoms with Crippen LogP contribution in [0.3, 0.4) is 0 Å². The number of aryl methyl sites for hydroxylation is 1. The van der Waals surface area contributed by atoms with Crippen molar-refractivity contribution in [1.29, 1.82) is 0 Å². The van der Waals surface area contributed by atoms with Crippen LogP contribution in [0, 0.1) is 6.92 Å². The summed E-state index contributed by atoms with van der Waals surface area (Å²) in [5.74, 6) is 0.175. The minimum Gasteiger partial charge on any atom is -0.353 e. The Labute approximate surface area is 132 Å². The summed E-state index contributed by atoms with van der Waals surface area (Å²) in [4.78, 5) is 14.4. The Balaban J connectivity index is 0.00000361. The number of nitrogens with one attached hydrogen (secondary N) is 1. The Morgan fingerprint density at radius 1 is 1.30 bits per heavy atom. The molecule has 0 aliphatic heterocycles. The van der Waals surface area contributed by atoms with Gasteiger partial charge in [0.2, 0.25) is 5.91 Å². The number of hydrogen-bond acceptors (Lipinski definition) is 3. The number of unbranched alkanes of at least 4 members (excludes halogenated alkanes) is 3. The van der Waals surface area contributed by atoms with E-state index < -0.39 is 0 Å². The first-order valence-corrected chi connectivity index (χ1v) is 7.98. The highest BCUT2D eigenvalue weighted by Crippen LogP contribution is 2.16. The zero-order chi connectivity index (χ0) is 14.1. The number of rotatable bonds is 9. The van der Waals surface area contributed by atoms with E-state index in [0.29, 0.717) is 6.42 Å². The fourth-order valence-electron chi connectivity index (χ4n) is 2.08. The molecule has 0 saturated carbocycles. The van der Waals surface area contributed by atoms with Crippen LogP contribution < -0.4 is 11.1 Å². The number of nitrogens with two attached hydrogens (primary N) is 1. The predicted molar refractivity (Wildman–Crippen MR) is 89.8 cm³/mol. The van der Waals surface area contributed by atoms with Crippen LogP contribution in [0.4, 0.5) is 0 Å². The highest BCUT2D eigenvalue weighted by molar-refractivity contribution is 7.11. The zero-order valence-electron chi connectivity index (χ0n) is 12.5. The highest BCUT2D eigenvalue weighted by atomic mass is 35.5. The van der Waals surface area contributed by atoms with Gasteiger partial charge in [0.05, 0.1) is 0 Å². The van der Waals surface area contributed by atoms with E-state index in [-0.39, 0.29) is 24.4 Å². The van der Waals surface area contributed by atoms with Crippen molar-refractivity contribution in [2.24, 2.45) is 5.73 Å². The molecule has 0 spiro atoms. The molecule has 1 atom stereocenters. The number of carbonyl (C=O) groups is 1. The van der Waals surface area contributed by atoms with E-state index in [9.17, 15) is 4.79 Å². The summed E-state index contributed by atoms with van der Waals surface area (Å²) in [5.41, 5.74) is 5.43. The minimum atomic E-state index is 0. The molecule has 1 aromatic heterocycles. The first kappa shape index (κ1) is 19.4. The summed E-state index contributed by atoms with van der Waals surface area (Å²) < 4.78 is 0. The average molecular weight is 319 g/mol. The summed E-state index contributed by atoms with van der Waals surface area (Å²) in [6.45, 7) is 4.93. The van der Waals surface area contributed by atoms with Gasteiger partial charge in [0.15, 0.2) is 0 Å². The molecule has 3 nitrogen and oxygen atoms in total. The van der Waals surface area contributed by atoms with Crippen molar-refractivity contribution in [1.82, 2.24) is 5.32 Å². The molecule has 0 aliphatic rings. The van der Waals surface area contributed by atoms with Gasteiger partial charge in [0, 0.05) is 28.6 Å². The van der Waals surface area contributed by atoms with Gasteiger partial charge >= 0.3 is 0 Å². The van der Waals surface area contributed by atoms with Crippen molar-refractivity contribution < 1.29 is 4.79 Å². The van der Waals surface area contributed by atoms with E-state index in [1.165, 1.54) is 9.75 Å². The molecule has 1 amide bonds. The first-order valence-electron chi connectivity index (χ1n) is 7.16. The third-order valence-electron chi connectivity index (χ3n) is 3.07. The second kappa shape index (κ2) is 11.1. The molecule has 0 saturated heterocycles. The fraction of sp³-hybridized carbons (Fsp3) is 0.667. The third-order valence-corrected chi connectivity index (χ3v) is 4.09. The number of thiophene rings is 1. The van der Waals surface area contributed by atoms with Gasteiger partial charge in [-0.25, -0.2) is 0 Å². The van der Waals surface area contributed by atoms with Crippen molar-refractivity contribution in [3.63, 3.8) is 0 Å². The number of hydrogen-bond donors (Lipinski definition) is 2. The van der Waals surface area contributed by atoms with Crippen LogP contribution in [0.15, 0.2) is 12.1 Å². The maximum atomic E-state index is 11.7. The van der Waals surface area contributed by atoms with Gasteiger partial charge in [-0.3, -0.25) is 4.79 Å². The quantitative estimate of drug-likeness (QED) is 0.685. The Hall–Kier alpha value is -0.580. The van der Waals surface area contributed by atoms with E-state index >= 15 is 0 Å². The van der Waals surface area contributed by atoms with E-state index in [0.717, 1.165) is 38.6 Å². The molecule has 1 aromatic rings. The van der Waals surface area contributed by atoms with Crippen LogP contribution >= 0.6 is 23.7 Å². The maximum absolute atomic E-state index is 11.7. The van der Waals surface area contributed by atoms with Crippen LogP contribution in [0.1, 0.15) is 48.8 Å². The van der Waals surface area contributed by atoms with Crippen molar-refractivity contribution in [2.75, 3.05) is 6.54 Å². The fourth-order valence-corrected chi connectivity index (χ4v) is 3.10. The van der Waals surface area contributed by atoms with E-state index in [4.69, 9.17) is 5.73 Å². The van der Waals surface area contributed by atoms with E-state index in [1.807, 2.05) is 0 Å². The summed E-state index contributed by atoms with van der Waals surface area (Å²) >= 11 is 1.81. The number of carbonyl (C=O) groups excluding carboxylic acids is 1. The van der Waals surface area contributed by atoms with Crippen molar-refractivity contribution in [3.05, 3.63) is 21.9 Å². The van der Waals surface area contributed by atoms with Gasteiger partial charge in [-0.05, 0) is 45.4 Å². The second-order valence-corrected chi connectivity index (χ2v) is 6.51. The molecule has 1 heterocycles. The lowest BCUT2D eigenvalue weighted by molar-refractivity contribution is -0.121. The van der Waals surface area contributed by atoms with Gasteiger partial charge in [-0.1, -0.05) is 12.8 Å². The topological polar surface area (TPSA) is 55.1 Å². The Kier molecular flexibility index (Phi) is 10.8. The molecule has 0 aliphatic carbocycles. The lowest BCUT2D eigenvalue weighted by Gasteiger charge is -2.12.